The molecule has 0 bridgehead atoms. The molecule has 2 aromatic rings. The summed E-state index contributed by atoms with van der Waals surface area (Å²) in [7, 11) is 1.31. The standard InChI is InChI=1S/C17H18N2O5S/c1-10(2)19(7-15-18-12(8-25-15)17(21)22-3)16(20)11-4-5-13-14(6-11)24-9-23-13/h4-6,8,10H,7,9H2,1-3H3. The summed E-state index contributed by atoms with van der Waals surface area (Å²) in [6.07, 6.45) is 0. The van der Waals surface area contributed by atoms with Crippen LogP contribution in [0.4, 0.5) is 0 Å². The van der Waals surface area contributed by atoms with E-state index in [0.717, 1.165) is 0 Å². The van der Waals surface area contributed by atoms with Gasteiger partial charge >= 0.3 is 5.97 Å². The average Bonchev–Trinajstić information content (AvgIpc) is 3.26. The van der Waals surface area contributed by atoms with Gasteiger partial charge in [0, 0.05) is 17.0 Å². The van der Waals surface area contributed by atoms with Crippen molar-refractivity contribution < 1.29 is 23.8 Å². The first-order valence-electron chi connectivity index (χ1n) is 7.73. The Bertz CT molecular complexity index is 802. The quantitative estimate of drug-likeness (QED) is 0.761. The van der Waals surface area contributed by atoms with Crippen molar-refractivity contribution in [2.45, 2.75) is 26.4 Å². The van der Waals surface area contributed by atoms with Crippen LogP contribution in [0.5, 0.6) is 11.5 Å². The third kappa shape index (κ3) is 3.58. The van der Waals surface area contributed by atoms with Crippen LogP contribution in [0.25, 0.3) is 0 Å². The Morgan fingerprint density at radius 1 is 1.32 bits per heavy atom. The minimum Gasteiger partial charge on any atom is -0.464 e. The Kier molecular flexibility index (Phi) is 4.89. The van der Waals surface area contributed by atoms with E-state index in [1.807, 2.05) is 13.8 Å². The maximum Gasteiger partial charge on any atom is 0.357 e. The summed E-state index contributed by atoms with van der Waals surface area (Å²) in [6, 6.07) is 5.09. The smallest absolute Gasteiger partial charge is 0.357 e. The maximum atomic E-state index is 12.9. The van der Waals surface area contributed by atoms with E-state index in [-0.39, 0.29) is 24.4 Å². The third-order valence-electron chi connectivity index (χ3n) is 3.76. The lowest BCUT2D eigenvalue weighted by Crippen LogP contribution is -2.36. The summed E-state index contributed by atoms with van der Waals surface area (Å²) >= 11 is 1.32. The largest absolute Gasteiger partial charge is 0.464 e. The van der Waals surface area contributed by atoms with Crippen molar-refractivity contribution >= 4 is 23.2 Å². The average molecular weight is 362 g/mol. The number of thiazole rings is 1. The van der Waals surface area contributed by atoms with Crippen molar-refractivity contribution in [3.05, 3.63) is 39.8 Å². The normalized spacial score (nSPS) is 12.3. The number of benzene rings is 1. The summed E-state index contributed by atoms with van der Waals surface area (Å²) in [5, 5.41) is 2.30. The van der Waals surface area contributed by atoms with Gasteiger partial charge in [0.05, 0.1) is 13.7 Å². The minimum atomic E-state index is -0.485. The van der Waals surface area contributed by atoms with E-state index < -0.39 is 5.97 Å². The molecule has 2 heterocycles. The van der Waals surface area contributed by atoms with Crippen LogP contribution in [0.2, 0.25) is 0 Å². The molecular formula is C17H18N2O5S. The van der Waals surface area contributed by atoms with Gasteiger partial charge in [0.1, 0.15) is 5.01 Å². The SMILES string of the molecule is COC(=O)c1csc(CN(C(=O)c2ccc3c(c2)OCO3)C(C)C)n1. The lowest BCUT2D eigenvalue weighted by atomic mass is 10.1. The fraction of sp³-hybridized carbons (Fsp3) is 0.353. The van der Waals surface area contributed by atoms with Crippen LogP contribution >= 0.6 is 11.3 Å². The molecule has 0 spiro atoms. The van der Waals surface area contributed by atoms with Crippen LogP contribution in [0, 0.1) is 0 Å². The zero-order chi connectivity index (χ0) is 18.0. The van der Waals surface area contributed by atoms with Gasteiger partial charge in [0.2, 0.25) is 6.79 Å². The van der Waals surface area contributed by atoms with Gasteiger partial charge in [-0.3, -0.25) is 4.79 Å². The Morgan fingerprint density at radius 2 is 2.08 bits per heavy atom. The van der Waals surface area contributed by atoms with E-state index in [1.54, 1.807) is 28.5 Å². The molecule has 0 aliphatic carbocycles. The van der Waals surface area contributed by atoms with Crippen LogP contribution < -0.4 is 9.47 Å². The third-order valence-corrected chi connectivity index (χ3v) is 4.59. The Morgan fingerprint density at radius 3 is 2.80 bits per heavy atom. The maximum absolute atomic E-state index is 12.9. The highest BCUT2D eigenvalue weighted by molar-refractivity contribution is 7.09. The summed E-state index contributed by atoms with van der Waals surface area (Å²) < 4.78 is 15.3. The van der Waals surface area contributed by atoms with Gasteiger partial charge in [0.25, 0.3) is 5.91 Å². The van der Waals surface area contributed by atoms with E-state index in [9.17, 15) is 9.59 Å². The molecule has 1 aliphatic rings. The highest BCUT2D eigenvalue weighted by Crippen LogP contribution is 2.33. The number of nitrogens with zero attached hydrogens (tertiary/aromatic N) is 2. The molecule has 25 heavy (non-hydrogen) atoms. The van der Waals surface area contributed by atoms with Crippen molar-refractivity contribution in [1.29, 1.82) is 0 Å². The number of carbonyl (C=O) groups excluding carboxylic acids is 2. The number of ether oxygens (including phenoxy) is 3. The second-order valence-corrected chi connectivity index (χ2v) is 6.66. The first kappa shape index (κ1) is 17.2. The van der Waals surface area contributed by atoms with Gasteiger partial charge in [0.15, 0.2) is 17.2 Å². The van der Waals surface area contributed by atoms with Crippen LogP contribution in [-0.4, -0.2) is 41.7 Å². The van der Waals surface area contributed by atoms with Gasteiger partial charge < -0.3 is 19.1 Å². The molecule has 0 atom stereocenters. The molecule has 0 N–H and O–H groups in total. The van der Waals surface area contributed by atoms with Crippen molar-refractivity contribution in [2.75, 3.05) is 13.9 Å². The molecule has 132 valence electrons. The van der Waals surface area contributed by atoms with Crippen LogP contribution in [-0.2, 0) is 11.3 Å². The van der Waals surface area contributed by atoms with E-state index in [2.05, 4.69) is 9.72 Å². The topological polar surface area (TPSA) is 78.0 Å². The lowest BCUT2D eigenvalue weighted by molar-refractivity contribution is 0.0594. The zero-order valence-corrected chi connectivity index (χ0v) is 15.0. The summed E-state index contributed by atoms with van der Waals surface area (Å²) in [5.41, 5.74) is 0.768. The molecule has 1 aliphatic heterocycles. The fourth-order valence-corrected chi connectivity index (χ4v) is 3.17. The predicted octanol–water partition coefficient (Wildman–Crippen LogP) is 2.71. The molecule has 3 rings (SSSR count). The molecule has 0 saturated carbocycles. The van der Waals surface area contributed by atoms with Gasteiger partial charge in [-0.2, -0.15) is 0 Å². The van der Waals surface area contributed by atoms with Crippen molar-refractivity contribution in [2.24, 2.45) is 0 Å². The zero-order valence-electron chi connectivity index (χ0n) is 14.1. The number of methoxy groups -OCH3 is 1. The van der Waals surface area contributed by atoms with E-state index in [0.29, 0.717) is 28.6 Å². The van der Waals surface area contributed by atoms with Crippen molar-refractivity contribution in [3.8, 4) is 11.5 Å². The first-order chi connectivity index (χ1) is 12.0. The summed E-state index contributed by atoms with van der Waals surface area (Å²) in [5.74, 6) is 0.580. The molecular weight excluding hydrogens is 344 g/mol. The van der Waals surface area contributed by atoms with Crippen LogP contribution in [0.1, 0.15) is 39.7 Å². The molecule has 0 radical (unpaired) electrons. The Balaban J connectivity index is 1.80. The van der Waals surface area contributed by atoms with E-state index in [1.165, 1.54) is 18.4 Å². The molecule has 0 unspecified atom stereocenters. The number of aromatic nitrogens is 1. The Labute approximate surface area is 149 Å². The molecule has 1 aromatic carbocycles. The van der Waals surface area contributed by atoms with Gasteiger partial charge in [-0.15, -0.1) is 11.3 Å². The van der Waals surface area contributed by atoms with Gasteiger partial charge in [-0.1, -0.05) is 0 Å². The number of hydrogen-bond donors (Lipinski definition) is 0. The van der Waals surface area contributed by atoms with E-state index >= 15 is 0 Å². The number of carbonyl (C=O) groups is 2. The Hall–Kier alpha value is -2.61. The summed E-state index contributed by atoms with van der Waals surface area (Å²) in [4.78, 5) is 30.4. The predicted molar refractivity (Wildman–Crippen MR) is 91.0 cm³/mol. The molecule has 0 fully saturated rings. The number of fused-ring (bicyclic) bond motifs is 1. The van der Waals surface area contributed by atoms with E-state index in [4.69, 9.17) is 9.47 Å². The number of esters is 1. The van der Waals surface area contributed by atoms with Crippen molar-refractivity contribution in [1.82, 2.24) is 9.88 Å². The molecule has 1 aromatic heterocycles. The van der Waals surface area contributed by atoms with Gasteiger partial charge in [-0.25, -0.2) is 9.78 Å². The summed E-state index contributed by atoms with van der Waals surface area (Å²) in [6.45, 7) is 4.34. The highest BCUT2D eigenvalue weighted by atomic mass is 32.1. The lowest BCUT2D eigenvalue weighted by Gasteiger charge is -2.26. The molecule has 1 amide bonds. The second kappa shape index (κ2) is 7.10. The van der Waals surface area contributed by atoms with Gasteiger partial charge in [-0.05, 0) is 32.0 Å². The second-order valence-electron chi connectivity index (χ2n) is 5.71. The van der Waals surface area contributed by atoms with Crippen LogP contribution in [0.3, 0.4) is 0 Å². The molecule has 7 nitrogen and oxygen atoms in total. The van der Waals surface area contributed by atoms with Crippen molar-refractivity contribution in [3.63, 3.8) is 0 Å². The fourth-order valence-electron chi connectivity index (χ4n) is 2.41. The first-order valence-corrected chi connectivity index (χ1v) is 8.61. The minimum absolute atomic E-state index is 0.0385. The monoisotopic (exact) mass is 362 g/mol. The van der Waals surface area contributed by atoms with Crippen LogP contribution in [0.15, 0.2) is 23.6 Å². The highest BCUT2D eigenvalue weighted by Gasteiger charge is 2.23. The number of rotatable bonds is 5. The molecule has 8 heteroatoms. The molecule has 0 saturated heterocycles. The number of hydrogen-bond acceptors (Lipinski definition) is 7. The number of amides is 1.